The molecule has 6 nitrogen and oxygen atoms in total. The van der Waals surface area contributed by atoms with E-state index in [2.05, 4.69) is 5.32 Å². The van der Waals surface area contributed by atoms with Crippen molar-refractivity contribution in [3.05, 3.63) is 54.1 Å². The molecule has 0 bridgehead atoms. The van der Waals surface area contributed by atoms with Gasteiger partial charge in [-0.1, -0.05) is 24.3 Å². The molecule has 26 heavy (non-hydrogen) atoms. The van der Waals surface area contributed by atoms with E-state index in [4.69, 9.17) is 4.74 Å². The number of carbonyl (C=O) groups excluding carboxylic acids is 1. The third-order valence-electron chi connectivity index (χ3n) is 3.82. The number of carbonyl (C=O) groups is 1. The van der Waals surface area contributed by atoms with Gasteiger partial charge in [-0.2, -0.15) is 0 Å². The van der Waals surface area contributed by atoms with Crippen LogP contribution in [-0.2, 0) is 14.8 Å². The molecule has 0 saturated carbocycles. The molecular weight excluding hydrogens is 352 g/mol. The van der Waals surface area contributed by atoms with Crippen molar-refractivity contribution in [3.63, 3.8) is 0 Å². The van der Waals surface area contributed by atoms with E-state index in [1.807, 2.05) is 37.3 Å². The van der Waals surface area contributed by atoms with Gasteiger partial charge in [0, 0.05) is 26.2 Å². The molecule has 0 aliphatic heterocycles. The number of hydrogen-bond acceptors (Lipinski definition) is 4. The summed E-state index contributed by atoms with van der Waals surface area (Å²) in [6, 6.07) is 14.1. The molecule has 2 aromatic rings. The first-order valence-electron chi connectivity index (χ1n) is 8.31. The maximum absolute atomic E-state index is 12.2. The number of anilines is 1. The van der Waals surface area contributed by atoms with Gasteiger partial charge in [-0.15, -0.1) is 0 Å². The molecule has 0 fully saturated rings. The standard InChI is InChI=1S/C19H24N2O4S/c1-15-11-12-17(26(23,24)21(2)3)14-18(15)20-19(22)10-7-13-25-16-8-5-4-6-9-16/h4-6,8-9,11-12,14H,7,10,13H2,1-3H3,(H,20,22). The first kappa shape index (κ1) is 19.9. The Morgan fingerprint density at radius 2 is 1.81 bits per heavy atom. The van der Waals surface area contributed by atoms with E-state index in [1.165, 1.54) is 26.2 Å². The van der Waals surface area contributed by atoms with Crippen LogP contribution in [0.15, 0.2) is 53.4 Å². The Morgan fingerprint density at radius 1 is 1.12 bits per heavy atom. The fourth-order valence-electron chi connectivity index (χ4n) is 2.26. The van der Waals surface area contributed by atoms with Crippen LogP contribution in [0.25, 0.3) is 0 Å². The number of aryl methyl sites for hydroxylation is 1. The van der Waals surface area contributed by atoms with Crippen LogP contribution in [0.1, 0.15) is 18.4 Å². The van der Waals surface area contributed by atoms with Crippen LogP contribution in [0, 0.1) is 6.92 Å². The number of hydrogen-bond donors (Lipinski definition) is 1. The topological polar surface area (TPSA) is 75.7 Å². The minimum Gasteiger partial charge on any atom is -0.494 e. The van der Waals surface area contributed by atoms with Gasteiger partial charge in [0.25, 0.3) is 0 Å². The van der Waals surface area contributed by atoms with E-state index in [0.29, 0.717) is 18.7 Å². The molecule has 0 saturated heterocycles. The highest BCUT2D eigenvalue weighted by Gasteiger charge is 2.18. The van der Waals surface area contributed by atoms with Crippen molar-refractivity contribution in [1.29, 1.82) is 0 Å². The second kappa shape index (κ2) is 8.82. The summed E-state index contributed by atoms with van der Waals surface area (Å²) in [5.74, 6) is 0.592. The summed E-state index contributed by atoms with van der Waals surface area (Å²) in [5, 5.41) is 2.78. The Bertz CT molecular complexity index is 849. The molecule has 2 aromatic carbocycles. The Labute approximate surface area is 154 Å². The van der Waals surface area contributed by atoms with E-state index < -0.39 is 10.0 Å². The molecule has 0 aliphatic rings. The van der Waals surface area contributed by atoms with Gasteiger partial charge in [-0.25, -0.2) is 12.7 Å². The lowest BCUT2D eigenvalue weighted by atomic mass is 10.2. The lowest BCUT2D eigenvalue weighted by Gasteiger charge is -2.14. The number of sulfonamides is 1. The van der Waals surface area contributed by atoms with Crippen LogP contribution in [0.3, 0.4) is 0 Å². The summed E-state index contributed by atoms with van der Waals surface area (Å²) < 4.78 is 31.1. The van der Waals surface area contributed by atoms with Crippen molar-refractivity contribution in [3.8, 4) is 5.75 Å². The number of nitrogens with zero attached hydrogens (tertiary/aromatic N) is 1. The van der Waals surface area contributed by atoms with E-state index in [9.17, 15) is 13.2 Å². The van der Waals surface area contributed by atoms with Gasteiger partial charge < -0.3 is 10.1 Å². The Morgan fingerprint density at radius 3 is 2.46 bits per heavy atom. The van der Waals surface area contributed by atoms with Crippen LogP contribution in [0.2, 0.25) is 0 Å². The number of nitrogens with one attached hydrogen (secondary N) is 1. The Hall–Kier alpha value is -2.38. The number of para-hydroxylation sites is 1. The second-order valence-corrected chi connectivity index (χ2v) is 8.23. The molecule has 1 amide bonds. The maximum atomic E-state index is 12.2. The monoisotopic (exact) mass is 376 g/mol. The van der Waals surface area contributed by atoms with Gasteiger partial charge in [0.15, 0.2) is 0 Å². The molecule has 0 unspecified atom stereocenters. The number of amides is 1. The Balaban J connectivity index is 1.92. The first-order valence-corrected chi connectivity index (χ1v) is 9.75. The summed E-state index contributed by atoms with van der Waals surface area (Å²) >= 11 is 0. The molecular formula is C19H24N2O4S. The van der Waals surface area contributed by atoms with E-state index in [-0.39, 0.29) is 17.2 Å². The van der Waals surface area contributed by atoms with Crippen LogP contribution in [0.4, 0.5) is 5.69 Å². The maximum Gasteiger partial charge on any atom is 0.242 e. The summed E-state index contributed by atoms with van der Waals surface area (Å²) in [6.45, 7) is 2.26. The summed E-state index contributed by atoms with van der Waals surface area (Å²) in [6.07, 6.45) is 0.854. The minimum absolute atomic E-state index is 0.149. The molecule has 1 N–H and O–H groups in total. The number of benzene rings is 2. The van der Waals surface area contributed by atoms with Crippen LogP contribution < -0.4 is 10.1 Å². The molecule has 140 valence electrons. The lowest BCUT2D eigenvalue weighted by Crippen LogP contribution is -2.22. The van der Waals surface area contributed by atoms with Gasteiger partial charge in [-0.3, -0.25) is 4.79 Å². The normalized spacial score (nSPS) is 11.4. The highest BCUT2D eigenvalue weighted by atomic mass is 32.2. The molecule has 0 aliphatic carbocycles. The van der Waals surface area contributed by atoms with E-state index in [0.717, 1.165) is 15.6 Å². The summed E-state index contributed by atoms with van der Waals surface area (Å²) in [5.41, 5.74) is 1.30. The lowest BCUT2D eigenvalue weighted by molar-refractivity contribution is -0.116. The molecule has 0 atom stereocenters. The summed E-state index contributed by atoms with van der Waals surface area (Å²) in [7, 11) is -0.597. The van der Waals surface area contributed by atoms with Crippen molar-refractivity contribution < 1.29 is 17.9 Å². The van der Waals surface area contributed by atoms with Crippen molar-refractivity contribution >= 4 is 21.6 Å². The van der Waals surface area contributed by atoms with Crippen LogP contribution in [-0.4, -0.2) is 39.3 Å². The molecule has 2 rings (SSSR count). The van der Waals surface area contributed by atoms with Gasteiger partial charge >= 0.3 is 0 Å². The third-order valence-corrected chi connectivity index (χ3v) is 5.63. The SMILES string of the molecule is Cc1ccc(S(=O)(=O)N(C)C)cc1NC(=O)CCCOc1ccccc1. The Kier molecular flexibility index (Phi) is 6.76. The zero-order valence-electron chi connectivity index (χ0n) is 15.2. The van der Waals surface area contributed by atoms with E-state index >= 15 is 0 Å². The first-order chi connectivity index (χ1) is 12.3. The predicted octanol–water partition coefficient (Wildman–Crippen LogP) is 3.04. The van der Waals surface area contributed by atoms with Crippen molar-refractivity contribution in [1.82, 2.24) is 4.31 Å². The largest absolute Gasteiger partial charge is 0.494 e. The molecule has 0 aromatic heterocycles. The van der Waals surface area contributed by atoms with E-state index in [1.54, 1.807) is 6.07 Å². The molecule has 0 radical (unpaired) electrons. The predicted molar refractivity (Wildman–Crippen MR) is 102 cm³/mol. The van der Waals surface area contributed by atoms with Gasteiger partial charge in [-0.05, 0) is 43.2 Å². The zero-order chi connectivity index (χ0) is 19.2. The fourth-order valence-corrected chi connectivity index (χ4v) is 3.19. The highest BCUT2D eigenvalue weighted by molar-refractivity contribution is 7.89. The minimum atomic E-state index is -3.54. The average molecular weight is 376 g/mol. The molecule has 0 heterocycles. The second-order valence-electron chi connectivity index (χ2n) is 6.08. The third kappa shape index (κ3) is 5.31. The summed E-state index contributed by atoms with van der Waals surface area (Å²) in [4.78, 5) is 12.3. The van der Waals surface area contributed by atoms with Crippen molar-refractivity contribution in [2.24, 2.45) is 0 Å². The van der Waals surface area contributed by atoms with Crippen LogP contribution in [0.5, 0.6) is 5.75 Å². The number of ether oxygens (including phenoxy) is 1. The van der Waals surface area contributed by atoms with Gasteiger partial charge in [0.2, 0.25) is 15.9 Å². The van der Waals surface area contributed by atoms with Gasteiger partial charge in [0.1, 0.15) is 5.75 Å². The van der Waals surface area contributed by atoms with Crippen molar-refractivity contribution in [2.75, 3.05) is 26.0 Å². The zero-order valence-corrected chi connectivity index (χ0v) is 16.0. The smallest absolute Gasteiger partial charge is 0.242 e. The van der Waals surface area contributed by atoms with Gasteiger partial charge in [0.05, 0.1) is 11.5 Å². The fraction of sp³-hybridized carbons (Fsp3) is 0.316. The molecule has 7 heteroatoms. The van der Waals surface area contributed by atoms with Crippen molar-refractivity contribution in [2.45, 2.75) is 24.7 Å². The highest BCUT2D eigenvalue weighted by Crippen LogP contribution is 2.22. The molecule has 0 spiro atoms. The number of rotatable bonds is 8. The quantitative estimate of drug-likeness (QED) is 0.719. The van der Waals surface area contributed by atoms with Crippen LogP contribution >= 0.6 is 0 Å². The average Bonchev–Trinajstić information content (AvgIpc) is 2.61.